The van der Waals surface area contributed by atoms with Crippen molar-refractivity contribution in [3.05, 3.63) is 53.7 Å². The van der Waals surface area contributed by atoms with E-state index in [-0.39, 0.29) is 11.7 Å². The summed E-state index contributed by atoms with van der Waals surface area (Å²) in [5, 5.41) is 0. The molecule has 2 aliphatic rings. The number of anilines is 2. The normalized spacial score (nSPS) is 19.3. The van der Waals surface area contributed by atoms with E-state index in [9.17, 15) is 13.2 Å². The molecule has 2 fully saturated rings. The van der Waals surface area contributed by atoms with Crippen molar-refractivity contribution in [3.8, 4) is 0 Å². The second-order valence-electron chi connectivity index (χ2n) is 7.56. The van der Waals surface area contributed by atoms with Crippen LogP contribution < -0.4 is 9.21 Å². The quantitative estimate of drug-likeness (QED) is 0.770. The van der Waals surface area contributed by atoms with Gasteiger partial charge in [-0.3, -0.25) is 9.10 Å². The molecule has 29 heavy (non-hydrogen) atoms. The first-order valence-electron chi connectivity index (χ1n) is 10.0. The summed E-state index contributed by atoms with van der Waals surface area (Å²) in [5.41, 5.74) is 2.10. The van der Waals surface area contributed by atoms with Gasteiger partial charge in [0, 0.05) is 44.5 Å². The molecule has 0 radical (unpaired) electrons. The number of aryl methyl sites for hydroxylation is 1. The molecule has 1 amide bonds. The van der Waals surface area contributed by atoms with Crippen molar-refractivity contribution in [2.45, 2.75) is 19.8 Å². The number of piperazine rings is 1. The zero-order valence-electron chi connectivity index (χ0n) is 16.6. The molecule has 2 aliphatic heterocycles. The highest BCUT2D eigenvalue weighted by molar-refractivity contribution is 7.92. The van der Waals surface area contributed by atoms with E-state index < -0.39 is 10.0 Å². The Morgan fingerprint density at radius 1 is 1.00 bits per heavy atom. The van der Waals surface area contributed by atoms with Crippen LogP contribution >= 0.6 is 0 Å². The van der Waals surface area contributed by atoms with E-state index in [2.05, 4.69) is 9.88 Å². The number of benzene rings is 1. The van der Waals surface area contributed by atoms with E-state index in [4.69, 9.17) is 0 Å². The SMILES string of the molecule is Cc1cc(C(=O)N2CCN(c3ccccn3)CC2)ccc1N1CCCCS1(=O)=O. The van der Waals surface area contributed by atoms with Gasteiger partial charge in [-0.25, -0.2) is 13.4 Å². The Morgan fingerprint density at radius 3 is 2.45 bits per heavy atom. The van der Waals surface area contributed by atoms with Crippen molar-refractivity contribution in [1.29, 1.82) is 0 Å². The average Bonchev–Trinajstić information content (AvgIpc) is 2.74. The first-order chi connectivity index (χ1) is 14.0. The van der Waals surface area contributed by atoms with Gasteiger partial charge in [-0.1, -0.05) is 6.07 Å². The number of carbonyl (C=O) groups is 1. The molecule has 0 aliphatic carbocycles. The van der Waals surface area contributed by atoms with Crippen molar-refractivity contribution in [3.63, 3.8) is 0 Å². The largest absolute Gasteiger partial charge is 0.353 e. The fourth-order valence-electron chi connectivity index (χ4n) is 3.99. The number of pyridine rings is 1. The number of aromatic nitrogens is 1. The number of carbonyl (C=O) groups excluding carboxylic acids is 1. The van der Waals surface area contributed by atoms with E-state index in [1.165, 1.54) is 4.31 Å². The summed E-state index contributed by atoms with van der Waals surface area (Å²) in [6.07, 6.45) is 3.35. The average molecular weight is 415 g/mol. The third-order valence-corrected chi connectivity index (χ3v) is 7.46. The fraction of sp³-hybridized carbons (Fsp3) is 0.429. The van der Waals surface area contributed by atoms with Gasteiger partial charge in [0.1, 0.15) is 5.82 Å². The monoisotopic (exact) mass is 414 g/mol. The van der Waals surface area contributed by atoms with E-state index >= 15 is 0 Å². The van der Waals surface area contributed by atoms with Gasteiger partial charge in [0.15, 0.2) is 0 Å². The highest BCUT2D eigenvalue weighted by atomic mass is 32.2. The summed E-state index contributed by atoms with van der Waals surface area (Å²) in [5.74, 6) is 1.11. The summed E-state index contributed by atoms with van der Waals surface area (Å²) < 4.78 is 26.3. The van der Waals surface area contributed by atoms with E-state index in [1.54, 1.807) is 18.3 Å². The second kappa shape index (κ2) is 8.02. The van der Waals surface area contributed by atoms with Crippen molar-refractivity contribution >= 4 is 27.4 Å². The number of hydrogen-bond acceptors (Lipinski definition) is 5. The van der Waals surface area contributed by atoms with E-state index in [0.717, 1.165) is 30.9 Å². The Morgan fingerprint density at radius 2 is 1.79 bits per heavy atom. The molecule has 1 aromatic carbocycles. The lowest BCUT2D eigenvalue weighted by molar-refractivity contribution is 0.0746. The summed E-state index contributed by atoms with van der Waals surface area (Å²) in [4.78, 5) is 21.4. The Kier molecular flexibility index (Phi) is 5.45. The van der Waals surface area contributed by atoms with Crippen molar-refractivity contribution < 1.29 is 13.2 Å². The summed E-state index contributed by atoms with van der Waals surface area (Å²) >= 11 is 0. The Balaban J connectivity index is 1.45. The molecule has 2 saturated heterocycles. The maximum atomic E-state index is 13.0. The molecule has 0 unspecified atom stereocenters. The number of rotatable bonds is 3. The van der Waals surface area contributed by atoms with Crippen LogP contribution in [-0.2, 0) is 10.0 Å². The number of hydrogen-bond donors (Lipinski definition) is 0. The van der Waals surface area contributed by atoms with Crippen molar-refractivity contribution in [2.24, 2.45) is 0 Å². The first-order valence-corrected chi connectivity index (χ1v) is 11.6. The van der Waals surface area contributed by atoms with E-state index in [0.29, 0.717) is 37.3 Å². The molecule has 8 heteroatoms. The zero-order chi connectivity index (χ0) is 20.4. The maximum absolute atomic E-state index is 13.0. The predicted molar refractivity (Wildman–Crippen MR) is 114 cm³/mol. The van der Waals surface area contributed by atoms with Crippen molar-refractivity contribution in [1.82, 2.24) is 9.88 Å². The lowest BCUT2D eigenvalue weighted by atomic mass is 10.1. The molecule has 2 aromatic rings. The fourth-order valence-corrected chi connectivity index (χ4v) is 5.69. The third kappa shape index (κ3) is 4.07. The van der Waals surface area contributed by atoms with Crippen molar-refractivity contribution in [2.75, 3.05) is 47.7 Å². The van der Waals surface area contributed by atoms with Gasteiger partial charge < -0.3 is 9.80 Å². The zero-order valence-corrected chi connectivity index (χ0v) is 17.4. The van der Waals surface area contributed by atoms with Gasteiger partial charge in [-0.2, -0.15) is 0 Å². The Labute approximate surface area is 172 Å². The molecule has 4 rings (SSSR count). The van der Waals surface area contributed by atoms with Crippen LogP contribution in [0.2, 0.25) is 0 Å². The number of sulfonamides is 1. The first kappa shape index (κ1) is 19.7. The molecule has 7 nitrogen and oxygen atoms in total. The van der Waals surface area contributed by atoms with Crippen LogP contribution in [-0.4, -0.2) is 62.7 Å². The highest BCUT2D eigenvalue weighted by Crippen LogP contribution is 2.28. The van der Waals surface area contributed by atoms with Crippen LogP contribution in [0.3, 0.4) is 0 Å². The lowest BCUT2D eigenvalue weighted by Crippen LogP contribution is -2.49. The molecule has 154 valence electrons. The van der Waals surface area contributed by atoms with Crippen LogP contribution in [0.1, 0.15) is 28.8 Å². The Bertz CT molecular complexity index is 986. The van der Waals surface area contributed by atoms with Crippen LogP contribution in [0, 0.1) is 6.92 Å². The van der Waals surface area contributed by atoms with Gasteiger partial charge in [-0.05, 0) is 55.7 Å². The minimum atomic E-state index is -3.26. The summed E-state index contributed by atoms with van der Waals surface area (Å²) in [7, 11) is -3.26. The molecule has 0 bridgehead atoms. The van der Waals surface area contributed by atoms with Crippen LogP contribution in [0.25, 0.3) is 0 Å². The molecule has 3 heterocycles. The number of nitrogens with zero attached hydrogens (tertiary/aromatic N) is 4. The van der Waals surface area contributed by atoms with Gasteiger partial charge in [-0.15, -0.1) is 0 Å². The van der Waals surface area contributed by atoms with Gasteiger partial charge in [0.25, 0.3) is 5.91 Å². The number of amides is 1. The molecule has 0 spiro atoms. The molecule has 0 saturated carbocycles. The second-order valence-corrected chi connectivity index (χ2v) is 9.58. The van der Waals surface area contributed by atoms with Crippen LogP contribution in [0.5, 0.6) is 0 Å². The van der Waals surface area contributed by atoms with Crippen LogP contribution in [0.4, 0.5) is 11.5 Å². The molecular formula is C21H26N4O3S. The van der Waals surface area contributed by atoms with Gasteiger partial charge in [0.2, 0.25) is 10.0 Å². The minimum Gasteiger partial charge on any atom is -0.353 e. The topological polar surface area (TPSA) is 73.8 Å². The molecule has 0 atom stereocenters. The Hall–Kier alpha value is -2.61. The summed E-state index contributed by atoms with van der Waals surface area (Å²) in [6.45, 7) is 5.13. The van der Waals surface area contributed by atoms with Crippen LogP contribution in [0.15, 0.2) is 42.6 Å². The summed E-state index contributed by atoms with van der Waals surface area (Å²) in [6, 6.07) is 11.2. The van der Waals surface area contributed by atoms with E-state index in [1.807, 2.05) is 36.1 Å². The minimum absolute atomic E-state index is 0.0122. The van der Waals surface area contributed by atoms with Gasteiger partial charge in [0.05, 0.1) is 11.4 Å². The lowest BCUT2D eigenvalue weighted by Gasteiger charge is -2.35. The van der Waals surface area contributed by atoms with Gasteiger partial charge >= 0.3 is 0 Å². The third-order valence-electron chi connectivity index (χ3n) is 5.60. The smallest absolute Gasteiger partial charge is 0.253 e. The maximum Gasteiger partial charge on any atom is 0.253 e. The highest BCUT2D eigenvalue weighted by Gasteiger charge is 2.28. The molecule has 1 aromatic heterocycles. The standard InChI is InChI=1S/C21H26N4O3S/c1-17-16-18(7-8-19(17)25-10-4-5-15-29(25,27)28)21(26)24-13-11-23(12-14-24)20-6-2-3-9-22-20/h2-3,6-9,16H,4-5,10-15H2,1H3. The molecule has 0 N–H and O–H groups in total. The molecular weight excluding hydrogens is 388 g/mol. The predicted octanol–water partition coefficient (Wildman–Crippen LogP) is 2.28.